The van der Waals surface area contributed by atoms with E-state index in [9.17, 15) is 89.4 Å². The number of amides is 2. The first kappa shape index (κ1) is 59.4. The fraction of sp³-hybridized carbons (Fsp3) is 0.800. The molecule has 0 aromatic carbocycles. The molecule has 2 aliphatic heterocycles. The van der Waals surface area contributed by atoms with Gasteiger partial charge >= 0.3 is 35.8 Å². The summed E-state index contributed by atoms with van der Waals surface area (Å²) in [5, 5.41) is 105. The minimum atomic E-state index is -1.57. The summed E-state index contributed by atoms with van der Waals surface area (Å²) in [6.07, 6.45) is -4.68. The third-order valence-electron chi connectivity index (χ3n) is 11.4. The second-order valence-corrected chi connectivity index (χ2v) is 16.7. The van der Waals surface area contributed by atoms with Crippen molar-refractivity contribution in [3.05, 3.63) is 0 Å². The molecule has 4 atom stereocenters. The average Bonchev–Trinajstić information content (AvgIpc) is 3.25. The van der Waals surface area contributed by atoms with Crippen molar-refractivity contribution in [2.24, 2.45) is 0 Å². The summed E-state index contributed by atoms with van der Waals surface area (Å²) >= 11 is 0. The number of nitrogens with zero attached hydrogens (tertiary/aromatic N) is 8. The fourth-order valence-electron chi connectivity index (χ4n) is 7.91. The Morgan fingerprint density at radius 1 is 0.412 bits per heavy atom. The van der Waals surface area contributed by atoms with E-state index < -0.39 is 137 Å². The van der Waals surface area contributed by atoms with Crippen LogP contribution in [0, 0.1) is 0 Å². The number of rotatable bonds is 25. The highest BCUT2D eigenvalue weighted by atomic mass is 16.4. The summed E-state index contributed by atoms with van der Waals surface area (Å²) < 4.78 is 0. The molecule has 2 aliphatic rings. The molecule has 2 saturated heterocycles. The lowest BCUT2D eigenvalue weighted by Crippen LogP contribution is -2.58. The van der Waals surface area contributed by atoms with Gasteiger partial charge in [0.15, 0.2) is 0 Å². The molecule has 2 heterocycles. The van der Waals surface area contributed by atoms with E-state index in [0.717, 1.165) is 9.80 Å². The monoisotopic (exact) mass is 981 g/mol. The van der Waals surface area contributed by atoms with Gasteiger partial charge in [0.25, 0.3) is 0 Å². The predicted molar refractivity (Wildman–Crippen MR) is 237 cm³/mol. The Morgan fingerprint density at radius 2 is 0.691 bits per heavy atom. The second-order valence-electron chi connectivity index (χ2n) is 16.7. The zero-order valence-electron chi connectivity index (χ0n) is 38.4. The van der Waals surface area contributed by atoms with Gasteiger partial charge in [-0.15, -0.1) is 0 Å². The summed E-state index contributed by atoms with van der Waals surface area (Å²) in [6, 6.07) is -2.91. The van der Waals surface area contributed by atoms with Gasteiger partial charge in [0, 0.05) is 131 Å². The van der Waals surface area contributed by atoms with E-state index in [4.69, 9.17) is 0 Å². The number of carboxylic acids is 6. The van der Waals surface area contributed by atoms with E-state index in [2.05, 4.69) is 10.6 Å². The Balaban J connectivity index is 2.52. The number of hydrogen-bond acceptors (Lipinski definition) is 20. The van der Waals surface area contributed by atoms with E-state index >= 15 is 0 Å². The van der Waals surface area contributed by atoms with Gasteiger partial charge in [0.05, 0.1) is 76.5 Å². The zero-order chi connectivity index (χ0) is 50.8. The second kappa shape index (κ2) is 32.2. The molecule has 12 N–H and O–H groups in total. The first-order valence-corrected chi connectivity index (χ1v) is 22.5. The SMILES string of the molecule is O=C(O)CC(C(=O)N(CCN(CC(O)CO)C(=O)C(CC(=O)O)N1CCNCCN(CC(=O)O)CCN(CC(=O)O)CC1)CC(O)CO)N1CCNCCN(CC(=O)O)CCN(CC(=O)O)CC1. The van der Waals surface area contributed by atoms with Gasteiger partial charge in [0.2, 0.25) is 11.8 Å². The molecule has 4 unspecified atom stereocenters. The van der Waals surface area contributed by atoms with Crippen LogP contribution in [0.1, 0.15) is 12.8 Å². The fourth-order valence-corrected chi connectivity index (χ4v) is 7.91. The number of aliphatic hydroxyl groups is 4. The Morgan fingerprint density at radius 3 is 0.971 bits per heavy atom. The van der Waals surface area contributed by atoms with Crippen LogP contribution in [0.3, 0.4) is 0 Å². The highest BCUT2D eigenvalue weighted by molar-refractivity contribution is 5.87. The van der Waals surface area contributed by atoms with Crippen molar-refractivity contribution in [2.45, 2.75) is 37.1 Å². The lowest BCUT2D eigenvalue weighted by atomic mass is 10.1. The van der Waals surface area contributed by atoms with Crippen molar-refractivity contribution in [1.29, 1.82) is 0 Å². The van der Waals surface area contributed by atoms with E-state index in [0.29, 0.717) is 13.1 Å². The van der Waals surface area contributed by atoms with Gasteiger partial charge in [-0.2, -0.15) is 0 Å². The number of aliphatic hydroxyl groups excluding tert-OH is 4. The maximum absolute atomic E-state index is 14.6. The quantitative estimate of drug-likeness (QED) is 0.0404. The van der Waals surface area contributed by atoms with Crippen LogP contribution in [0.2, 0.25) is 0 Å². The van der Waals surface area contributed by atoms with Crippen LogP contribution in [0.25, 0.3) is 0 Å². The zero-order valence-corrected chi connectivity index (χ0v) is 38.4. The van der Waals surface area contributed by atoms with E-state index in [1.807, 2.05) is 0 Å². The van der Waals surface area contributed by atoms with E-state index in [1.54, 1.807) is 9.80 Å². The van der Waals surface area contributed by atoms with E-state index in [-0.39, 0.29) is 105 Å². The van der Waals surface area contributed by atoms with Crippen LogP contribution in [-0.2, 0) is 38.4 Å². The van der Waals surface area contributed by atoms with E-state index in [1.165, 1.54) is 19.6 Å². The summed E-state index contributed by atoms with van der Waals surface area (Å²) in [5.74, 6) is -9.02. The van der Waals surface area contributed by atoms with Crippen molar-refractivity contribution >= 4 is 47.6 Å². The predicted octanol–water partition coefficient (Wildman–Crippen LogP) is -7.61. The van der Waals surface area contributed by atoms with Gasteiger partial charge < -0.3 is 71.5 Å². The Bertz CT molecular complexity index is 1500. The molecule has 68 heavy (non-hydrogen) atoms. The first-order chi connectivity index (χ1) is 32.2. The lowest BCUT2D eigenvalue weighted by Gasteiger charge is -2.39. The summed E-state index contributed by atoms with van der Waals surface area (Å²) in [5.41, 5.74) is 0. The summed E-state index contributed by atoms with van der Waals surface area (Å²) in [4.78, 5) is 112. The molecule has 2 amide bonds. The Kier molecular flexibility index (Phi) is 28.1. The number of nitrogens with one attached hydrogen (secondary N) is 2. The van der Waals surface area contributed by atoms with Crippen LogP contribution >= 0.6 is 0 Å². The summed E-state index contributed by atoms with van der Waals surface area (Å²) in [6.45, 7) is -3.14. The van der Waals surface area contributed by atoms with Gasteiger partial charge in [-0.1, -0.05) is 0 Å². The lowest BCUT2D eigenvalue weighted by molar-refractivity contribution is -0.149. The van der Waals surface area contributed by atoms with Crippen molar-refractivity contribution < 1.29 is 89.4 Å². The van der Waals surface area contributed by atoms with Crippen LogP contribution in [0.4, 0.5) is 0 Å². The molecule has 0 aliphatic carbocycles. The Hall–Kier alpha value is -4.72. The molecular formula is C40H72N10O18. The average molecular weight is 981 g/mol. The summed E-state index contributed by atoms with van der Waals surface area (Å²) in [7, 11) is 0. The molecule has 28 heteroatoms. The number of carbonyl (C=O) groups excluding carboxylic acids is 2. The number of aliphatic carboxylic acids is 6. The number of hydrogen-bond donors (Lipinski definition) is 12. The van der Waals surface area contributed by atoms with Crippen molar-refractivity contribution in [2.75, 3.05) is 170 Å². The third-order valence-corrected chi connectivity index (χ3v) is 11.4. The molecule has 0 aromatic heterocycles. The molecule has 0 radical (unpaired) electrons. The largest absolute Gasteiger partial charge is 0.481 e. The minimum absolute atomic E-state index is 0.00538. The van der Waals surface area contributed by atoms with Crippen LogP contribution in [0.15, 0.2) is 0 Å². The molecule has 390 valence electrons. The number of carboxylic acid groups (broad SMARTS) is 6. The first-order valence-electron chi connectivity index (χ1n) is 22.5. The molecule has 2 fully saturated rings. The molecular weight excluding hydrogens is 908 g/mol. The highest BCUT2D eigenvalue weighted by Gasteiger charge is 2.36. The molecule has 0 spiro atoms. The van der Waals surface area contributed by atoms with Crippen molar-refractivity contribution in [3.63, 3.8) is 0 Å². The van der Waals surface area contributed by atoms with Crippen LogP contribution < -0.4 is 10.6 Å². The molecule has 0 bridgehead atoms. The standard InChI is InChI=1S/C40H72N10O18/c51-27-29(53)21-49(39(67)31(19-33(55)56)47-7-3-41-1-5-43(23-35(59)60)9-11-45(13-15-47)25-37(63)64)17-18-50(22-30(54)28-52)40(68)32(20-34(57)58)48-8-4-42-2-6-44(24-36(61)62)10-12-46(14-16-48)26-38(65)66/h29-32,41-42,51-54H,1-28H2,(H,55,56)(H,57,58)(H,59,60)(H,61,62)(H,63,64)(H,65,66). The molecule has 0 aromatic rings. The van der Waals surface area contributed by atoms with Gasteiger partial charge in [-0.05, 0) is 0 Å². The number of carbonyl (C=O) groups is 8. The molecule has 28 nitrogen and oxygen atoms in total. The molecule has 0 saturated carbocycles. The van der Waals surface area contributed by atoms with Crippen molar-refractivity contribution in [3.8, 4) is 0 Å². The third kappa shape index (κ3) is 24.0. The van der Waals surface area contributed by atoms with Crippen molar-refractivity contribution in [1.82, 2.24) is 49.8 Å². The molecule has 2 rings (SSSR count). The normalized spacial score (nSPS) is 19.6. The smallest absolute Gasteiger partial charge is 0.317 e. The highest BCUT2D eigenvalue weighted by Crippen LogP contribution is 2.15. The maximum Gasteiger partial charge on any atom is 0.317 e. The minimum Gasteiger partial charge on any atom is -0.481 e. The van der Waals surface area contributed by atoms with Gasteiger partial charge in [0.1, 0.15) is 0 Å². The topological polar surface area (TPSA) is 389 Å². The maximum atomic E-state index is 14.6. The van der Waals surface area contributed by atoms with Gasteiger partial charge in [-0.25, -0.2) is 0 Å². The van der Waals surface area contributed by atoms with Crippen LogP contribution in [0.5, 0.6) is 0 Å². The Labute approximate surface area is 393 Å². The van der Waals surface area contributed by atoms with Gasteiger partial charge in [-0.3, -0.25) is 67.8 Å². The van der Waals surface area contributed by atoms with Crippen LogP contribution in [-0.4, -0.2) is 332 Å².